The molecule has 0 saturated carbocycles. The molecule has 1 amide bonds. The van der Waals surface area contributed by atoms with Crippen molar-refractivity contribution in [3.63, 3.8) is 0 Å². The molecule has 3 fully saturated rings. The summed E-state index contributed by atoms with van der Waals surface area (Å²) in [6.07, 6.45) is 7.19. The minimum absolute atomic E-state index is 0.0167. The third kappa shape index (κ3) is 4.94. The largest absolute Gasteiger partial charge is 0.342 e. The molecule has 3 aliphatic heterocycles. The number of carbonyl (C=O) groups is 1. The van der Waals surface area contributed by atoms with Crippen molar-refractivity contribution in [2.24, 2.45) is 5.41 Å². The number of halogens is 2. The Labute approximate surface area is 230 Å². The summed E-state index contributed by atoms with van der Waals surface area (Å²) in [5, 5.41) is 1.58. The molecular weight excluding hydrogens is 499 g/mol. The monoisotopic (exact) mass is 532 g/mol. The van der Waals surface area contributed by atoms with Crippen molar-refractivity contribution in [3.05, 3.63) is 106 Å². The number of amides is 1. The van der Waals surface area contributed by atoms with Gasteiger partial charge in [-0.25, -0.2) is 0 Å². The summed E-state index contributed by atoms with van der Waals surface area (Å²) in [5.41, 5.74) is 3.70. The standard InChI is InChI=1S/C32H34Cl2N2O/c33-28-13-6-4-11-26(28)31(27-12-5-7-14-29(27)34)36-24-16-17-25(36)21-32(20-24,19-23-9-2-1-3-10-23)22-35-18-8-15-30(35)37/h1-7,9-14,24-25,31H,8,15-22H2/t24-,25-/m0/s1. The van der Waals surface area contributed by atoms with Gasteiger partial charge in [-0.1, -0.05) is 89.9 Å². The molecule has 3 nitrogen and oxygen atoms in total. The molecule has 0 N–H and O–H groups in total. The fraction of sp³-hybridized carbons (Fsp3) is 0.406. The smallest absolute Gasteiger partial charge is 0.222 e. The van der Waals surface area contributed by atoms with Crippen molar-refractivity contribution in [1.82, 2.24) is 9.80 Å². The quantitative estimate of drug-likeness (QED) is 0.313. The highest BCUT2D eigenvalue weighted by Gasteiger charge is 2.52. The van der Waals surface area contributed by atoms with Crippen LogP contribution in [0, 0.1) is 5.41 Å². The van der Waals surface area contributed by atoms with E-state index in [1.807, 2.05) is 24.3 Å². The Bertz CT molecular complexity index is 1200. The van der Waals surface area contributed by atoms with Gasteiger partial charge in [-0.15, -0.1) is 0 Å². The number of piperidine rings is 1. The number of fused-ring (bicyclic) bond motifs is 2. The van der Waals surface area contributed by atoms with Gasteiger partial charge in [0.1, 0.15) is 0 Å². The van der Waals surface area contributed by atoms with Crippen molar-refractivity contribution in [3.8, 4) is 0 Å². The summed E-state index contributed by atoms with van der Waals surface area (Å²) in [5.74, 6) is 0.326. The van der Waals surface area contributed by atoms with Gasteiger partial charge in [0, 0.05) is 41.6 Å². The predicted molar refractivity (Wildman–Crippen MR) is 151 cm³/mol. The van der Waals surface area contributed by atoms with E-state index in [0.29, 0.717) is 24.4 Å². The Balaban J connectivity index is 1.38. The molecule has 2 bridgehead atoms. The normalized spacial score (nSPS) is 25.8. The number of benzene rings is 3. The maximum Gasteiger partial charge on any atom is 0.222 e. The van der Waals surface area contributed by atoms with E-state index in [1.54, 1.807) is 0 Å². The zero-order valence-corrected chi connectivity index (χ0v) is 22.7. The summed E-state index contributed by atoms with van der Waals surface area (Å²) in [7, 11) is 0. The average Bonchev–Trinajstić information content (AvgIpc) is 3.41. The van der Waals surface area contributed by atoms with Crippen LogP contribution < -0.4 is 0 Å². The molecule has 0 radical (unpaired) electrons. The molecule has 5 heteroatoms. The fourth-order valence-electron chi connectivity index (χ4n) is 7.42. The molecular formula is C32H34Cl2N2O. The molecule has 0 unspecified atom stereocenters. The van der Waals surface area contributed by atoms with Gasteiger partial charge in [-0.3, -0.25) is 9.69 Å². The molecule has 3 heterocycles. The molecule has 0 aromatic heterocycles. The summed E-state index contributed by atoms with van der Waals surface area (Å²) in [6, 6.07) is 28.2. The molecule has 0 aliphatic carbocycles. The van der Waals surface area contributed by atoms with Crippen molar-refractivity contribution in [1.29, 1.82) is 0 Å². The second kappa shape index (κ2) is 10.4. The number of hydrogen-bond donors (Lipinski definition) is 0. The maximum atomic E-state index is 12.7. The molecule has 37 heavy (non-hydrogen) atoms. The highest BCUT2D eigenvalue weighted by Crippen LogP contribution is 2.53. The van der Waals surface area contributed by atoms with E-state index in [1.165, 1.54) is 18.4 Å². The van der Waals surface area contributed by atoms with Crippen LogP contribution >= 0.6 is 23.2 Å². The van der Waals surface area contributed by atoms with Crippen LogP contribution in [0.15, 0.2) is 78.9 Å². The predicted octanol–water partition coefficient (Wildman–Crippen LogP) is 7.56. The third-order valence-corrected chi connectivity index (χ3v) is 9.52. The zero-order valence-electron chi connectivity index (χ0n) is 21.2. The number of nitrogens with zero attached hydrogens (tertiary/aromatic N) is 2. The number of rotatable bonds is 7. The van der Waals surface area contributed by atoms with Crippen LogP contribution in [-0.2, 0) is 11.2 Å². The van der Waals surface area contributed by atoms with Crippen LogP contribution in [-0.4, -0.2) is 40.9 Å². The number of likely N-dealkylation sites (tertiary alicyclic amines) is 1. The number of hydrogen-bond acceptors (Lipinski definition) is 2. The van der Waals surface area contributed by atoms with E-state index >= 15 is 0 Å². The number of carbonyl (C=O) groups excluding carboxylic acids is 1. The highest BCUT2D eigenvalue weighted by molar-refractivity contribution is 6.32. The lowest BCUT2D eigenvalue weighted by Crippen LogP contribution is -2.53. The van der Waals surface area contributed by atoms with Gasteiger partial charge >= 0.3 is 0 Å². The van der Waals surface area contributed by atoms with E-state index < -0.39 is 0 Å². The van der Waals surface area contributed by atoms with Crippen LogP contribution in [0.25, 0.3) is 0 Å². The van der Waals surface area contributed by atoms with Gasteiger partial charge < -0.3 is 4.90 Å². The van der Waals surface area contributed by atoms with Crippen molar-refractivity contribution in [2.45, 2.75) is 63.1 Å². The van der Waals surface area contributed by atoms with Gasteiger partial charge in [-0.05, 0) is 72.8 Å². The molecule has 0 spiro atoms. The first-order chi connectivity index (χ1) is 18.0. The van der Waals surface area contributed by atoms with E-state index in [9.17, 15) is 4.79 Å². The summed E-state index contributed by atoms with van der Waals surface area (Å²) in [4.78, 5) is 17.6. The first-order valence-electron chi connectivity index (χ1n) is 13.6. The topological polar surface area (TPSA) is 23.6 Å². The van der Waals surface area contributed by atoms with Gasteiger partial charge in [0.15, 0.2) is 0 Å². The first-order valence-corrected chi connectivity index (χ1v) is 14.4. The Morgan fingerprint density at radius 1 is 0.811 bits per heavy atom. The van der Waals surface area contributed by atoms with Gasteiger partial charge in [0.2, 0.25) is 5.91 Å². The third-order valence-electron chi connectivity index (χ3n) is 8.83. The van der Waals surface area contributed by atoms with Crippen molar-refractivity contribution >= 4 is 29.1 Å². The minimum atomic E-state index is 0.0167. The van der Waals surface area contributed by atoms with Crippen LogP contribution in [0.2, 0.25) is 10.0 Å². The van der Waals surface area contributed by atoms with Gasteiger partial charge in [0.25, 0.3) is 0 Å². The van der Waals surface area contributed by atoms with Crippen LogP contribution in [0.5, 0.6) is 0 Å². The second-order valence-corrected chi connectivity index (χ2v) is 12.1. The minimum Gasteiger partial charge on any atom is -0.342 e. The van der Waals surface area contributed by atoms with E-state index in [2.05, 4.69) is 64.4 Å². The average molecular weight is 534 g/mol. The summed E-state index contributed by atoms with van der Waals surface area (Å²) in [6.45, 7) is 1.76. The molecule has 6 rings (SSSR count). The summed E-state index contributed by atoms with van der Waals surface area (Å²) < 4.78 is 0. The molecule has 3 saturated heterocycles. The Hall–Kier alpha value is -2.33. The molecule has 3 aliphatic rings. The Morgan fingerprint density at radius 2 is 1.38 bits per heavy atom. The first kappa shape index (κ1) is 25.0. The zero-order chi connectivity index (χ0) is 25.4. The lowest BCUT2D eigenvalue weighted by atomic mass is 9.69. The SMILES string of the molecule is O=C1CCCN1CC1(Cc2ccccc2)C[C@@H]2CC[C@@H](C1)N2C(c1ccccc1Cl)c1ccccc1Cl. The van der Waals surface area contributed by atoms with Crippen LogP contribution in [0.1, 0.15) is 61.3 Å². The van der Waals surface area contributed by atoms with E-state index in [0.717, 1.165) is 59.9 Å². The molecule has 3 aromatic carbocycles. The van der Waals surface area contributed by atoms with E-state index in [4.69, 9.17) is 23.2 Å². The van der Waals surface area contributed by atoms with Gasteiger partial charge in [0.05, 0.1) is 6.04 Å². The summed E-state index contributed by atoms with van der Waals surface area (Å²) >= 11 is 13.7. The van der Waals surface area contributed by atoms with Crippen molar-refractivity contribution < 1.29 is 4.79 Å². The van der Waals surface area contributed by atoms with Gasteiger partial charge in [-0.2, -0.15) is 0 Å². The van der Waals surface area contributed by atoms with Crippen LogP contribution in [0.4, 0.5) is 0 Å². The lowest BCUT2D eigenvalue weighted by molar-refractivity contribution is -0.130. The second-order valence-electron chi connectivity index (χ2n) is 11.3. The van der Waals surface area contributed by atoms with Crippen molar-refractivity contribution in [2.75, 3.05) is 13.1 Å². The Morgan fingerprint density at radius 3 is 1.92 bits per heavy atom. The van der Waals surface area contributed by atoms with Crippen LogP contribution in [0.3, 0.4) is 0 Å². The van der Waals surface area contributed by atoms with E-state index in [-0.39, 0.29) is 11.5 Å². The highest BCUT2D eigenvalue weighted by atomic mass is 35.5. The Kier molecular flexibility index (Phi) is 7.05. The fourth-order valence-corrected chi connectivity index (χ4v) is 7.90. The molecule has 192 valence electrons. The lowest BCUT2D eigenvalue weighted by Gasteiger charge is -2.51. The molecule has 2 atom stereocenters. The molecule has 3 aromatic rings. The maximum absolute atomic E-state index is 12.7.